The molecule has 1 aliphatic heterocycles. The van der Waals surface area contributed by atoms with Gasteiger partial charge in [0.05, 0.1) is 18.6 Å². The standard InChI is InChI=1S/C20H25N3O4/c1-12-4-5-13(2)15(8-12)10-19(25)23-7-6-16(18(24)11-23)21-20(26)17-9-14(3)27-22-17/h4-5,8-9,16,18,24H,6-7,10-11H2,1-3H3,(H,21,26). The number of carbonyl (C=O) groups excluding carboxylic acids is 2. The van der Waals surface area contributed by atoms with Crippen LogP contribution in [0, 0.1) is 20.8 Å². The van der Waals surface area contributed by atoms with Crippen molar-refractivity contribution in [1.29, 1.82) is 0 Å². The average Bonchev–Trinajstić information content (AvgIpc) is 3.06. The fourth-order valence-corrected chi connectivity index (χ4v) is 3.31. The Balaban J connectivity index is 1.57. The number of amides is 2. The first kappa shape index (κ1) is 19.1. The summed E-state index contributed by atoms with van der Waals surface area (Å²) in [5, 5.41) is 16.9. The minimum absolute atomic E-state index is 0.0142. The third kappa shape index (κ3) is 4.54. The molecular formula is C20H25N3O4. The molecule has 2 atom stereocenters. The van der Waals surface area contributed by atoms with E-state index in [2.05, 4.69) is 10.5 Å². The molecule has 1 aromatic heterocycles. The quantitative estimate of drug-likeness (QED) is 0.850. The molecule has 2 heterocycles. The Morgan fingerprint density at radius 1 is 1.30 bits per heavy atom. The third-order valence-corrected chi connectivity index (χ3v) is 4.96. The number of benzene rings is 1. The van der Waals surface area contributed by atoms with Crippen LogP contribution in [0.15, 0.2) is 28.8 Å². The lowest BCUT2D eigenvalue weighted by molar-refractivity contribution is -0.134. The molecule has 2 unspecified atom stereocenters. The highest BCUT2D eigenvalue weighted by atomic mass is 16.5. The van der Waals surface area contributed by atoms with E-state index in [4.69, 9.17) is 4.52 Å². The van der Waals surface area contributed by atoms with Crippen molar-refractivity contribution in [3.05, 3.63) is 52.4 Å². The van der Waals surface area contributed by atoms with Gasteiger partial charge in [-0.25, -0.2) is 0 Å². The molecule has 3 rings (SSSR count). The molecule has 7 heteroatoms. The van der Waals surface area contributed by atoms with Gasteiger partial charge in [0, 0.05) is 19.2 Å². The normalized spacial score (nSPS) is 19.8. The minimum atomic E-state index is -0.821. The summed E-state index contributed by atoms with van der Waals surface area (Å²) in [6.07, 6.45) is -0.0177. The molecule has 2 aromatic rings. The summed E-state index contributed by atoms with van der Waals surface area (Å²) in [6, 6.07) is 7.19. The van der Waals surface area contributed by atoms with Crippen LogP contribution < -0.4 is 5.32 Å². The Bertz CT molecular complexity index is 846. The summed E-state index contributed by atoms with van der Waals surface area (Å²) in [4.78, 5) is 26.5. The summed E-state index contributed by atoms with van der Waals surface area (Å²) >= 11 is 0. The second-order valence-corrected chi connectivity index (χ2v) is 7.21. The molecule has 2 N–H and O–H groups in total. The number of carbonyl (C=O) groups is 2. The van der Waals surface area contributed by atoms with Crippen molar-refractivity contribution in [3.8, 4) is 0 Å². The van der Waals surface area contributed by atoms with E-state index in [-0.39, 0.29) is 24.1 Å². The molecule has 0 bridgehead atoms. The molecule has 27 heavy (non-hydrogen) atoms. The Hall–Kier alpha value is -2.67. The van der Waals surface area contributed by atoms with Gasteiger partial charge in [-0.3, -0.25) is 9.59 Å². The Labute approximate surface area is 158 Å². The van der Waals surface area contributed by atoms with Gasteiger partial charge in [-0.15, -0.1) is 0 Å². The van der Waals surface area contributed by atoms with E-state index >= 15 is 0 Å². The van der Waals surface area contributed by atoms with Crippen molar-refractivity contribution in [2.45, 2.75) is 45.8 Å². The lowest BCUT2D eigenvalue weighted by Gasteiger charge is -2.36. The molecule has 0 radical (unpaired) electrons. The maximum Gasteiger partial charge on any atom is 0.273 e. The van der Waals surface area contributed by atoms with Gasteiger partial charge in [0.25, 0.3) is 5.91 Å². The van der Waals surface area contributed by atoms with E-state index < -0.39 is 12.1 Å². The fraction of sp³-hybridized carbons (Fsp3) is 0.450. The number of nitrogens with one attached hydrogen (secondary N) is 1. The number of nitrogens with zero attached hydrogens (tertiary/aromatic N) is 2. The van der Waals surface area contributed by atoms with Crippen molar-refractivity contribution in [2.75, 3.05) is 13.1 Å². The number of rotatable bonds is 4. The van der Waals surface area contributed by atoms with Crippen LogP contribution in [0.5, 0.6) is 0 Å². The number of piperidine rings is 1. The van der Waals surface area contributed by atoms with Crippen molar-refractivity contribution in [3.63, 3.8) is 0 Å². The first-order valence-corrected chi connectivity index (χ1v) is 9.09. The number of β-amino-alcohol motifs (C(OH)–C–C–N with tert-alkyl or cyclic N) is 1. The van der Waals surface area contributed by atoms with Crippen molar-refractivity contribution in [1.82, 2.24) is 15.4 Å². The number of aliphatic hydroxyl groups is 1. The largest absolute Gasteiger partial charge is 0.389 e. The maximum atomic E-state index is 12.6. The number of hydrogen-bond acceptors (Lipinski definition) is 5. The van der Waals surface area contributed by atoms with Crippen LogP contribution in [0.3, 0.4) is 0 Å². The van der Waals surface area contributed by atoms with Gasteiger partial charge in [0.2, 0.25) is 5.91 Å². The molecule has 1 aliphatic rings. The first-order valence-electron chi connectivity index (χ1n) is 9.09. The monoisotopic (exact) mass is 371 g/mol. The van der Waals surface area contributed by atoms with Gasteiger partial charge < -0.3 is 19.8 Å². The summed E-state index contributed by atoms with van der Waals surface area (Å²) in [5.41, 5.74) is 3.40. The highest BCUT2D eigenvalue weighted by Gasteiger charge is 2.31. The number of likely N-dealkylation sites (tertiary alicyclic amines) is 1. The van der Waals surface area contributed by atoms with Crippen LogP contribution in [-0.2, 0) is 11.2 Å². The van der Waals surface area contributed by atoms with Crippen LogP contribution in [0.2, 0.25) is 0 Å². The second kappa shape index (κ2) is 7.92. The molecule has 1 fully saturated rings. The van der Waals surface area contributed by atoms with Crippen molar-refractivity contribution < 1.29 is 19.2 Å². The smallest absolute Gasteiger partial charge is 0.273 e. The van der Waals surface area contributed by atoms with Gasteiger partial charge in [-0.2, -0.15) is 0 Å². The van der Waals surface area contributed by atoms with E-state index in [1.807, 2.05) is 32.0 Å². The predicted octanol–water partition coefficient (Wildman–Crippen LogP) is 1.53. The molecular weight excluding hydrogens is 346 g/mol. The Morgan fingerprint density at radius 2 is 2.07 bits per heavy atom. The van der Waals surface area contributed by atoms with E-state index in [1.165, 1.54) is 0 Å². The zero-order valence-corrected chi connectivity index (χ0v) is 15.9. The van der Waals surface area contributed by atoms with Crippen LogP contribution in [-0.4, -0.2) is 52.2 Å². The minimum Gasteiger partial charge on any atom is -0.389 e. The molecule has 0 saturated carbocycles. The van der Waals surface area contributed by atoms with Gasteiger partial charge in [0.15, 0.2) is 5.69 Å². The summed E-state index contributed by atoms with van der Waals surface area (Å²) in [7, 11) is 0. The Morgan fingerprint density at radius 3 is 2.74 bits per heavy atom. The van der Waals surface area contributed by atoms with E-state index in [0.717, 1.165) is 16.7 Å². The highest BCUT2D eigenvalue weighted by Crippen LogP contribution is 2.16. The van der Waals surface area contributed by atoms with Crippen LogP contribution >= 0.6 is 0 Å². The van der Waals surface area contributed by atoms with Crippen LogP contribution in [0.25, 0.3) is 0 Å². The summed E-state index contributed by atoms with van der Waals surface area (Å²) in [6.45, 7) is 6.39. The number of aryl methyl sites for hydroxylation is 3. The fourth-order valence-electron chi connectivity index (χ4n) is 3.31. The van der Waals surface area contributed by atoms with Gasteiger partial charge in [-0.05, 0) is 38.3 Å². The van der Waals surface area contributed by atoms with Crippen molar-refractivity contribution in [2.24, 2.45) is 0 Å². The lowest BCUT2D eigenvalue weighted by atomic mass is 9.99. The predicted molar refractivity (Wildman–Crippen MR) is 99.3 cm³/mol. The highest BCUT2D eigenvalue weighted by molar-refractivity contribution is 5.92. The lowest BCUT2D eigenvalue weighted by Crippen LogP contribution is -2.55. The molecule has 2 amide bonds. The second-order valence-electron chi connectivity index (χ2n) is 7.21. The Kier molecular flexibility index (Phi) is 5.60. The van der Waals surface area contributed by atoms with Gasteiger partial charge in [-0.1, -0.05) is 28.9 Å². The topological polar surface area (TPSA) is 95.7 Å². The SMILES string of the molecule is Cc1ccc(C)c(CC(=O)N2CCC(NC(=O)c3cc(C)on3)C(O)C2)c1. The summed E-state index contributed by atoms with van der Waals surface area (Å²) in [5.74, 6) is 0.151. The van der Waals surface area contributed by atoms with Gasteiger partial charge >= 0.3 is 0 Å². The number of hydrogen-bond donors (Lipinski definition) is 2. The molecule has 0 spiro atoms. The average molecular weight is 371 g/mol. The number of aromatic nitrogens is 1. The molecule has 7 nitrogen and oxygen atoms in total. The van der Waals surface area contributed by atoms with Crippen LogP contribution in [0.1, 0.15) is 39.4 Å². The molecule has 0 aliphatic carbocycles. The molecule has 1 aromatic carbocycles. The number of aliphatic hydroxyl groups excluding tert-OH is 1. The molecule has 144 valence electrons. The third-order valence-electron chi connectivity index (χ3n) is 4.96. The zero-order chi connectivity index (χ0) is 19.6. The van der Waals surface area contributed by atoms with E-state index in [1.54, 1.807) is 17.9 Å². The molecule has 1 saturated heterocycles. The van der Waals surface area contributed by atoms with Crippen molar-refractivity contribution >= 4 is 11.8 Å². The summed E-state index contributed by atoms with van der Waals surface area (Å²) < 4.78 is 4.90. The van der Waals surface area contributed by atoms with E-state index in [9.17, 15) is 14.7 Å². The van der Waals surface area contributed by atoms with Gasteiger partial charge in [0.1, 0.15) is 5.76 Å². The maximum absolute atomic E-state index is 12.6. The zero-order valence-electron chi connectivity index (χ0n) is 15.9. The van der Waals surface area contributed by atoms with E-state index in [0.29, 0.717) is 25.1 Å². The first-order chi connectivity index (χ1) is 12.8. The van der Waals surface area contributed by atoms with Crippen LogP contribution in [0.4, 0.5) is 0 Å².